The molecule has 2 aromatic rings. The molecule has 2 amide bonds. The second kappa shape index (κ2) is 9.08. The molecule has 0 heterocycles. The van der Waals surface area contributed by atoms with Crippen LogP contribution in [0.15, 0.2) is 42.5 Å². The van der Waals surface area contributed by atoms with Crippen molar-refractivity contribution in [2.24, 2.45) is 0 Å². The number of amides is 2. The van der Waals surface area contributed by atoms with Crippen LogP contribution in [0.25, 0.3) is 0 Å². The van der Waals surface area contributed by atoms with Crippen molar-refractivity contribution >= 4 is 11.8 Å². The van der Waals surface area contributed by atoms with E-state index in [4.69, 9.17) is 0 Å². The van der Waals surface area contributed by atoms with Crippen LogP contribution in [-0.4, -0.2) is 30.3 Å². The van der Waals surface area contributed by atoms with Gasteiger partial charge in [0.1, 0.15) is 11.6 Å². The molecule has 0 atom stereocenters. The van der Waals surface area contributed by atoms with Crippen LogP contribution in [0.4, 0.5) is 8.78 Å². The molecule has 0 radical (unpaired) electrons. The average Bonchev–Trinajstić information content (AvgIpc) is 2.62. The molecule has 2 rings (SSSR count). The molecule has 1 N–H and O–H groups in total. The molecular formula is C20H22F2N2O2. The number of carbonyl (C=O) groups excluding carboxylic acids is 2. The Hall–Kier alpha value is -2.76. The van der Waals surface area contributed by atoms with Gasteiger partial charge in [0.2, 0.25) is 5.91 Å². The van der Waals surface area contributed by atoms with E-state index in [1.165, 1.54) is 5.56 Å². The number of halogens is 2. The summed E-state index contributed by atoms with van der Waals surface area (Å²) in [5, 5.41) is 2.48. The summed E-state index contributed by atoms with van der Waals surface area (Å²) in [6.45, 7) is 2.63. The van der Waals surface area contributed by atoms with E-state index in [1.54, 1.807) is 11.9 Å². The smallest absolute Gasteiger partial charge is 0.254 e. The minimum absolute atomic E-state index is 0.0770. The molecule has 0 aromatic heterocycles. The lowest BCUT2D eigenvalue weighted by Crippen LogP contribution is -2.32. The predicted molar refractivity (Wildman–Crippen MR) is 95.6 cm³/mol. The largest absolute Gasteiger partial charge is 0.351 e. The van der Waals surface area contributed by atoms with Gasteiger partial charge >= 0.3 is 0 Å². The van der Waals surface area contributed by atoms with Crippen LogP contribution in [-0.2, 0) is 17.8 Å². The number of benzene rings is 2. The summed E-state index contributed by atoms with van der Waals surface area (Å²) in [6, 6.07) is 10.8. The van der Waals surface area contributed by atoms with Crippen molar-refractivity contribution in [1.82, 2.24) is 10.2 Å². The topological polar surface area (TPSA) is 49.4 Å². The zero-order chi connectivity index (χ0) is 19.1. The summed E-state index contributed by atoms with van der Waals surface area (Å²) in [4.78, 5) is 25.6. The van der Waals surface area contributed by atoms with E-state index in [0.717, 1.165) is 24.1 Å². The molecule has 138 valence electrons. The van der Waals surface area contributed by atoms with Crippen molar-refractivity contribution in [2.45, 2.75) is 26.3 Å². The van der Waals surface area contributed by atoms with Crippen molar-refractivity contribution < 1.29 is 18.4 Å². The van der Waals surface area contributed by atoms with Gasteiger partial charge in [-0.3, -0.25) is 9.59 Å². The number of hydrogen-bond acceptors (Lipinski definition) is 2. The monoisotopic (exact) mass is 360 g/mol. The summed E-state index contributed by atoms with van der Waals surface area (Å²) in [6.07, 6.45) is 1.06. The van der Waals surface area contributed by atoms with E-state index in [9.17, 15) is 18.4 Å². The molecule has 0 saturated carbocycles. The Labute approximate surface area is 151 Å². The third-order valence-electron chi connectivity index (χ3n) is 4.08. The Bertz CT molecular complexity index is 776. The first kappa shape index (κ1) is 19.6. The van der Waals surface area contributed by atoms with Gasteiger partial charge in [0.15, 0.2) is 0 Å². The molecule has 0 spiro atoms. The Kier molecular flexibility index (Phi) is 6.83. The van der Waals surface area contributed by atoms with Crippen LogP contribution in [0.2, 0.25) is 0 Å². The second-order valence-electron chi connectivity index (χ2n) is 6.05. The fourth-order valence-electron chi connectivity index (χ4n) is 2.49. The molecule has 0 aliphatic carbocycles. The molecule has 2 aromatic carbocycles. The number of nitrogens with zero attached hydrogens (tertiary/aromatic N) is 1. The summed E-state index contributed by atoms with van der Waals surface area (Å²) in [5.41, 5.74) is 2.01. The summed E-state index contributed by atoms with van der Waals surface area (Å²) in [7, 11) is 1.69. The van der Waals surface area contributed by atoms with Crippen LogP contribution in [0, 0.1) is 11.6 Å². The Balaban J connectivity index is 1.80. The van der Waals surface area contributed by atoms with Gasteiger partial charge in [-0.05, 0) is 29.7 Å². The number of nitrogens with one attached hydrogen (secondary N) is 1. The molecule has 4 nitrogen and oxygen atoms in total. The van der Waals surface area contributed by atoms with Gasteiger partial charge in [0.05, 0.1) is 5.56 Å². The van der Waals surface area contributed by atoms with Crippen molar-refractivity contribution in [3.8, 4) is 0 Å². The first-order valence-corrected chi connectivity index (χ1v) is 8.45. The number of aryl methyl sites for hydroxylation is 1. The molecular weight excluding hydrogens is 338 g/mol. The van der Waals surface area contributed by atoms with E-state index >= 15 is 0 Å². The Morgan fingerprint density at radius 1 is 1.04 bits per heavy atom. The predicted octanol–water partition coefficient (Wildman–Crippen LogP) is 3.31. The maximum absolute atomic E-state index is 13.5. The highest BCUT2D eigenvalue weighted by molar-refractivity contribution is 5.94. The van der Waals surface area contributed by atoms with Crippen LogP contribution < -0.4 is 5.32 Å². The van der Waals surface area contributed by atoms with Crippen LogP contribution >= 0.6 is 0 Å². The second-order valence-corrected chi connectivity index (χ2v) is 6.05. The highest BCUT2D eigenvalue weighted by atomic mass is 19.1. The molecule has 0 aliphatic rings. The quantitative estimate of drug-likeness (QED) is 0.824. The third kappa shape index (κ3) is 5.37. The van der Waals surface area contributed by atoms with Crippen molar-refractivity contribution in [3.63, 3.8) is 0 Å². The SMILES string of the molecule is CCc1ccc(CN(C)C(=O)CCNC(=O)c2ccc(F)cc2F)cc1. The van der Waals surface area contributed by atoms with Crippen molar-refractivity contribution in [3.05, 3.63) is 70.8 Å². The van der Waals surface area contributed by atoms with Gasteiger partial charge in [-0.1, -0.05) is 31.2 Å². The van der Waals surface area contributed by atoms with Gasteiger partial charge in [-0.25, -0.2) is 8.78 Å². The standard InChI is InChI=1S/C20H22F2N2O2/c1-3-14-4-6-15(7-5-14)13-24(2)19(25)10-11-23-20(26)17-9-8-16(21)12-18(17)22/h4-9,12H,3,10-11,13H2,1-2H3,(H,23,26). The third-order valence-corrected chi connectivity index (χ3v) is 4.08. The zero-order valence-corrected chi connectivity index (χ0v) is 14.9. The van der Waals surface area contributed by atoms with E-state index in [0.29, 0.717) is 12.6 Å². The zero-order valence-electron chi connectivity index (χ0n) is 14.9. The molecule has 0 bridgehead atoms. The van der Waals surface area contributed by atoms with Gasteiger partial charge in [-0.15, -0.1) is 0 Å². The summed E-state index contributed by atoms with van der Waals surface area (Å²) < 4.78 is 26.4. The molecule has 0 unspecified atom stereocenters. The molecule has 6 heteroatoms. The Morgan fingerprint density at radius 2 is 1.69 bits per heavy atom. The lowest BCUT2D eigenvalue weighted by Gasteiger charge is -2.17. The summed E-state index contributed by atoms with van der Waals surface area (Å²) in [5.74, 6) is -2.48. The maximum Gasteiger partial charge on any atom is 0.254 e. The van der Waals surface area contributed by atoms with Crippen molar-refractivity contribution in [1.29, 1.82) is 0 Å². The minimum atomic E-state index is -0.929. The number of hydrogen-bond donors (Lipinski definition) is 1. The van der Waals surface area contributed by atoms with E-state index in [-0.39, 0.29) is 24.4 Å². The fraction of sp³-hybridized carbons (Fsp3) is 0.300. The first-order valence-electron chi connectivity index (χ1n) is 8.45. The molecule has 0 saturated heterocycles. The van der Waals surface area contributed by atoms with Crippen LogP contribution in [0.3, 0.4) is 0 Å². The fourth-order valence-corrected chi connectivity index (χ4v) is 2.49. The molecule has 0 fully saturated rings. The van der Waals surface area contributed by atoms with Gasteiger partial charge < -0.3 is 10.2 Å². The van der Waals surface area contributed by atoms with Crippen molar-refractivity contribution in [2.75, 3.05) is 13.6 Å². The van der Waals surface area contributed by atoms with E-state index < -0.39 is 17.5 Å². The van der Waals surface area contributed by atoms with E-state index in [2.05, 4.69) is 12.2 Å². The van der Waals surface area contributed by atoms with Crippen LogP contribution in [0.5, 0.6) is 0 Å². The summed E-state index contributed by atoms with van der Waals surface area (Å²) >= 11 is 0. The molecule has 0 aliphatic heterocycles. The Morgan fingerprint density at radius 3 is 2.31 bits per heavy atom. The normalized spacial score (nSPS) is 10.5. The van der Waals surface area contributed by atoms with E-state index in [1.807, 2.05) is 24.3 Å². The lowest BCUT2D eigenvalue weighted by atomic mass is 10.1. The molecule has 26 heavy (non-hydrogen) atoms. The number of carbonyl (C=O) groups is 2. The van der Waals surface area contributed by atoms with Gasteiger partial charge in [0.25, 0.3) is 5.91 Å². The van der Waals surface area contributed by atoms with Gasteiger partial charge in [0, 0.05) is 32.6 Å². The maximum atomic E-state index is 13.5. The highest BCUT2D eigenvalue weighted by Crippen LogP contribution is 2.10. The number of rotatable bonds is 7. The minimum Gasteiger partial charge on any atom is -0.351 e. The average molecular weight is 360 g/mol. The van der Waals surface area contributed by atoms with Crippen LogP contribution in [0.1, 0.15) is 34.8 Å². The highest BCUT2D eigenvalue weighted by Gasteiger charge is 2.14. The lowest BCUT2D eigenvalue weighted by molar-refractivity contribution is -0.130. The van der Waals surface area contributed by atoms with Gasteiger partial charge in [-0.2, -0.15) is 0 Å². The first-order chi connectivity index (χ1) is 12.4.